The molecule has 0 N–H and O–H groups in total. The molecule has 0 aliphatic rings. The van der Waals surface area contributed by atoms with Gasteiger partial charge < -0.3 is 0 Å². The highest BCUT2D eigenvalue weighted by Gasteiger charge is 2.02. The lowest BCUT2D eigenvalue weighted by Gasteiger charge is -2.22. The summed E-state index contributed by atoms with van der Waals surface area (Å²) in [6, 6.07) is 0.625. The maximum absolute atomic E-state index is 5.50. The van der Waals surface area contributed by atoms with Gasteiger partial charge in [-0.2, -0.15) is 0 Å². The van der Waals surface area contributed by atoms with Crippen LogP contribution in [0.2, 0.25) is 0 Å². The molecule has 0 aliphatic heterocycles. The van der Waals surface area contributed by atoms with Gasteiger partial charge in [0, 0.05) is 18.5 Å². The van der Waals surface area contributed by atoms with Crippen LogP contribution in [0.5, 0.6) is 0 Å². The van der Waals surface area contributed by atoms with Gasteiger partial charge in [-0.05, 0) is 20.4 Å². The minimum atomic E-state index is 0.621. The zero-order valence-corrected chi connectivity index (χ0v) is 8.43. The molecule has 0 rings (SSSR count). The highest BCUT2D eigenvalue weighted by atomic mass is 35.5. The average molecular weight is 176 g/mol. The maximum Gasteiger partial charge on any atom is 0.0404 e. The molecule has 0 atom stereocenters. The van der Waals surface area contributed by atoms with Crippen molar-refractivity contribution in [2.24, 2.45) is 0 Å². The fourth-order valence-electron chi connectivity index (χ4n) is 0.978. The minimum absolute atomic E-state index is 0.621. The molecule has 2 heteroatoms. The summed E-state index contributed by atoms with van der Waals surface area (Å²) >= 11 is 5.50. The first-order valence-corrected chi connectivity index (χ1v) is 4.70. The molecule has 66 valence electrons. The molecule has 0 spiro atoms. The van der Waals surface area contributed by atoms with E-state index in [1.54, 1.807) is 0 Å². The van der Waals surface area contributed by atoms with Gasteiger partial charge in [0.1, 0.15) is 0 Å². The first kappa shape index (κ1) is 11.0. The summed E-state index contributed by atoms with van der Waals surface area (Å²) in [6.45, 7) is 8.70. The zero-order chi connectivity index (χ0) is 8.69. The van der Waals surface area contributed by atoms with Crippen LogP contribution in [0.3, 0.4) is 0 Å². The zero-order valence-electron chi connectivity index (χ0n) is 7.68. The van der Waals surface area contributed by atoms with E-state index in [0.717, 1.165) is 13.1 Å². The number of hydrogen-bond acceptors (Lipinski definition) is 1. The quantitative estimate of drug-likeness (QED) is 0.459. The molecule has 0 aromatic heterocycles. The van der Waals surface area contributed by atoms with Crippen LogP contribution in [0.25, 0.3) is 0 Å². The Morgan fingerprint density at radius 1 is 1.36 bits per heavy atom. The van der Waals surface area contributed by atoms with E-state index in [1.165, 1.54) is 0 Å². The molecule has 0 radical (unpaired) electrons. The number of halogens is 1. The number of allylic oxidation sites excluding steroid dienone is 1. The van der Waals surface area contributed by atoms with Gasteiger partial charge in [0.25, 0.3) is 0 Å². The van der Waals surface area contributed by atoms with Crippen molar-refractivity contribution in [1.29, 1.82) is 0 Å². The Hall–Kier alpha value is -0.0100. The first-order chi connectivity index (χ1) is 5.22. The Morgan fingerprint density at radius 3 is 2.36 bits per heavy atom. The number of nitrogens with zero attached hydrogens (tertiary/aromatic N) is 1. The van der Waals surface area contributed by atoms with E-state index >= 15 is 0 Å². The van der Waals surface area contributed by atoms with Crippen molar-refractivity contribution >= 4 is 11.6 Å². The van der Waals surface area contributed by atoms with E-state index in [2.05, 4.69) is 31.7 Å². The van der Waals surface area contributed by atoms with Gasteiger partial charge in [-0.3, -0.25) is 4.90 Å². The van der Waals surface area contributed by atoms with Crippen LogP contribution in [0.15, 0.2) is 12.2 Å². The molecule has 0 aromatic carbocycles. The highest BCUT2D eigenvalue weighted by Crippen LogP contribution is 1.96. The summed E-state index contributed by atoms with van der Waals surface area (Å²) in [5.74, 6) is 0.621. The van der Waals surface area contributed by atoms with Crippen molar-refractivity contribution in [2.45, 2.75) is 26.8 Å². The van der Waals surface area contributed by atoms with Crippen LogP contribution >= 0.6 is 11.6 Å². The predicted molar refractivity (Wildman–Crippen MR) is 52.2 cm³/mol. The third-order valence-corrected chi connectivity index (χ3v) is 1.91. The summed E-state index contributed by atoms with van der Waals surface area (Å²) in [7, 11) is 0. The predicted octanol–water partition coefficient (Wildman–Crippen LogP) is 2.51. The summed E-state index contributed by atoms with van der Waals surface area (Å²) in [5.41, 5.74) is 0. The Balaban J connectivity index is 3.60. The van der Waals surface area contributed by atoms with Crippen LogP contribution < -0.4 is 0 Å². The average Bonchev–Trinajstić information content (AvgIpc) is 1.97. The van der Waals surface area contributed by atoms with Gasteiger partial charge in [0.05, 0.1) is 0 Å². The fraction of sp³-hybridized carbons (Fsp3) is 0.778. The smallest absolute Gasteiger partial charge is 0.0404 e. The van der Waals surface area contributed by atoms with E-state index in [4.69, 9.17) is 11.6 Å². The second-order valence-electron chi connectivity index (χ2n) is 2.81. The van der Waals surface area contributed by atoms with Crippen LogP contribution in [-0.4, -0.2) is 29.9 Å². The molecule has 0 saturated heterocycles. The van der Waals surface area contributed by atoms with Crippen molar-refractivity contribution in [3.8, 4) is 0 Å². The van der Waals surface area contributed by atoms with E-state index in [9.17, 15) is 0 Å². The Morgan fingerprint density at radius 2 is 2.00 bits per heavy atom. The molecular formula is C9H18ClN. The molecule has 1 nitrogen and oxygen atoms in total. The minimum Gasteiger partial charge on any atom is -0.298 e. The SMILES string of the molecule is CCN(CC=CCCl)C(C)C. The first-order valence-electron chi connectivity index (χ1n) is 4.17. The van der Waals surface area contributed by atoms with Crippen LogP contribution in [0.4, 0.5) is 0 Å². The van der Waals surface area contributed by atoms with E-state index in [0.29, 0.717) is 11.9 Å². The number of alkyl halides is 1. The summed E-state index contributed by atoms with van der Waals surface area (Å²) in [4.78, 5) is 2.38. The molecule has 0 saturated carbocycles. The molecular weight excluding hydrogens is 158 g/mol. The molecule has 0 aromatic rings. The van der Waals surface area contributed by atoms with Crippen molar-refractivity contribution in [1.82, 2.24) is 4.90 Å². The lowest BCUT2D eigenvalue weighted by Crippen LogP contribution is -2.30. The third kappa shape index (κ3) is 5.28. The Labute approximate surface area is 75.0 Å². The van der Waals surface area contributed by atoms with Crippen molar-refractivity contribution in [2.75, 3.05) is 19.0 Å². The van der Waals surface area contributed by atoms with Gasteiger partial charge in [-0.1, -0.05) is 19.1 Å². The number of likely N-dealkylation sites (N-methyl/N-ethyl adjacent to an activating group) is 1. The second-order valence-corrected chi connectivity index (χ2v) is 3.12. The molecule has 0 heterocycles. The Kier molecular flexibility index (Phi) is 6.68. The lowest BCUT2D eigenvalue weighted by atomic mass is 10.3. The van der Waals surface area contributed by atoms with Crippen LogP contribution in [0, 0.1) is 0 Å². The topological polar surface area (TPSA) is 3.24 Å². The summed E-state index contributed by atoms with van der Waals surface area (Å²) in [5, 5.41) is 0. The van der Waals surface area contributed by atoms with Crippen molar-refractivity contribution < 1.29 is 0 Å². The number of hydrogen-bond donors (Lipinski definition) is 0. The van der Waals surface area contributed by atoms with Crippen LogP contribution in [-0.2, 0) is 0 Å². The summed E-state index contributed by atoms with van der Waals surface area (Å²) in [6.07, 6.45) is 4.11. The maximum atomic E-state index is 5.50. The molecule has 0 fully saturated rings. The van der Waals surface area contributed by atoms with Gasteiger partial charge >= 0.3 is 0 Å². The van der Waals surface area contributed by atoms with Gasteiger partial charge in [0.2, 0.25) is 0 Å². The second kappa shape index (κ2) is 6.68. The van der Waals surface area contributed by atoms with Crippen molar-refractivity contribution in [3.05, 3.63) is 12.2 Å². The summed E-state index contributed by atoms with van der Waals surface area (Å²) < 4.78 is 0. The van der Waals surface area contributed by atoms with Crippen molar-refractivity contribution in [3.63, 3.8) is 0 Å². The normalized spacial score (nSPS) is 12.2. The van der Waals surface area contributed by atoms with Gasteiger partial charge in [-0.15, -0.1) is 11.6 Å². The van der Waals surface area contributed by atoms with Crippen LogP contribution in [0.1, 0.15) is 20.8 Å². The van der Waals surface area contributed by atoms with E-state index in [1.807, 2.05) is 6.08 Å². The fourth-order valence-corrected chi connectivity index (χ4v) is 1.10. The van der Waals surface area contributed by atoms with E-state index in [-0.39, 0.29) is 0 Å². The Bertz CT molecular complexity index is 110. The standard InChI is InChI=1S/C9H18ClN/c1-4-11(9(2)3)8-6-5-7-10/h5-6,9H,4,7-8H2,1-3H3. The molecule has 0 unspecified atom stereocenters. The van der Waals surface area contributed by atoms with Gasteiger partial charge in [0.15, 0.2) is 0 Å². The largest absolute Gasteiger partial charge is 0.298 e. The number of rotatable bonds is 5. The molecule has 0 amide bonds. The molecule has 0 bridgehead atoms. The van der Waals surface area contributed by atoms with Gasteiger partial charge in [-0.25, -0.2) is 0 Å². The molecule has 11 heavy (non-hydrogen) atoms. The molecule has 0 aliphatic carbocycles. The monoisotopic (exact) mass is 175 g/mol. The highest BCUT2D eigenvalue weighted by molar-refractivity contribution is 6.18. The lowest BCUT2D eigenvalue weighted by molar-refractivity contribution is 0.259. The third-order valence-electron chi connectivity index (χ3n) is 1.73. The van der Waals surface area contributed by atoms with E-state index < -0.39 is 0 Å².